The lowest BCUT2D eigenvalue weighted by molar-refractivity contribution is 0.673. The maximum Gasteiger partial charge on any atom is 0.143 e. The fourth-order valence-electron chi connectivity index (χ4n) is 8.59. The molecule has 0 atom stereocenters. The fourth-order valence-corrected chi connectivity index (χ4v) is 10.8. The van der Waals surface area contributed by atoms with Crippen molar-refractivity contribution in [1.82, 2.24) is 0 Å². The third-order valence-corrected chi connectivity index (χ3v) is 13.6. The van der Waals surface area contributed by atoms with Crippen LogP contribution in [0.5, 0.6) is 0 Å². The number of thiophene rings is 2. The molecule has 0 bridgehead atoms. The standard InChI is InChI=1S/C52H31NOS2/c1-2-9-40-33(8-1)20-27-44-51-39(12-7-13-46(51)54-52(40)44)34-18-24-37(25-19-34)53(38-26-28-43-41-10-3-5-14-47(41)56-50(43)31-38)36-22-16-32(17-23-36)35-21-29-49-45(30-35)42-11-4-6-15-48(42)55-49/h1-31H. The first kappa shape index (κ1) is 31.6. The van der Waals surface area contributed by atoms with E-state index in [9.17, 15) is 0 Å². The second-order valence-corrected chi connectivity index (χ2v) is 16.6. The Bertz CT molecular complexity index is 3480. The minimum Gasteiger partial charge on any atom is -0.455 e. The first-order valence-corrected chi connectivity index (χ1v) is 20.5. The lowest BCUT2D eigenvalue weighted by atomic mass is 9.98. The minimum absolute atomic E-state index is 0.905. The molecule has 0 spiro atoms. The van der Waals surface area contributed by atoms with Gasteiger partial charge >= 0.3 is 0 Å². The Morgan fingerprint density at radius 2 is 0.946 bits per heavy atom. The van der Waals surface area contributed by atoms with Gasteiger partial charge in [0.05, 0.1) is 0 Å². The number of furan rings is 1. The van der Waals surface area contributed by atoms with Gasteiger partial charge in [-0.1, -0.05) is 115 Å². The maximum absolute atomic E-state index is 6.53. The van der Waals surface area contributed by atoms with Crippen LogP contribution in [-0.2, 0) is 0 Å². The predicted octanol–water partition coefficient (Wildman–Crippen LogP) is 16.3. The molecule has 4 heteroatoms. The molecule has 0 amide bonds. The van der Waals surface area contributed by atoms with Crippen LogP contribution in [0.4, 0.5) is 17.1 Å². The number of rotatable bonds is 5. The highest BCUT2D eigenvalue weighted by Crippen LogP contribution is 2.44. The quantitative estimate of drug-likeness (QED) is 0.174. The van der Waals surface area contributed by atoms with Crippen LogP contribution in [0.1, 0.15) is 0 Å². The molecule has 0 unspecified atom stereocenters. The zero-order valence-electron chi connectivity index (χ0n) is 30.1. The van der Waals surface area contributed by atoms with Gasteiger partial charge in [0.2, 0.25) is 0 Å². The predicted molar refractivity (Wildman–Crippen MR) is 243 cm³/mol. The number of anilines is 3. The highest BCUT2D eigenvalue weighted by molar-refractivity contribution is 7.26. The highest BCUT2D eigenvalue weighted by Gasteiger charge is 2.18. The van der Waals surface area contributed by atoms with Crippen molar-refractivity contribution >= 4 is 113 Å². The molecule has 2 nitrogen and oxygen atoms in total. The van der Waals surface area contributed by atoms with Crippen LogP contribution in [0, 0.1) is 0 Å². The summed E-state index contributed by atoms with van der Waals surface area (Å²) in [5, 5.41) is 9.86. The summed E-state index contributed by atoms with van der Waals surface area (Å²) in [7, 11) is 0. The third kappa shape index (κ3) is 4.93. The minimum atomic E-state index is 0.905. The van der Waals surface area contributed by atoms with Crippen molar-refractivity contribution < 1.29 is 4.42 Å². The van der Waals surface area contributed by atoms with E-state index < -0.39 is 0 Å². The highest BCUT2D eigenvalue weighted by atomic mass is 32.1. The van der Waals surface area contributed by atoms with Gasteiger partial charge in [-0.2, -0.15) is 0 Å². The van der Waals surface area contributed by atoms with Crippen molar-refractivity contribution in [2.45, 2.75) is 0 Å². The molecule has 0 N–H and O–H groups in total. The van der Waals surface area contributed by atoms with E-state index in [-0.39, 0.29) is 0 Å². The number of nitrogens with zero attached hydrogens (tertiary/aromatic N) is 1. The molecule has 56 heavy (non-hydrogen) atoms. The summed E-state index contributed by atoms with van der Waals surface area (Å²) < 4.78 is 11.8. The Balaban J connectivity index is 0.973. The molecule has 0 fully saturated rings. The first-order valence-electron chi connectivity index (χ1n) is 18.9. The van der Waals surface area contributed by atoms with Crippen LogP contribution in [0.25, 0.3) is 95.3 Å². The summed E-state index contributed by atoms with van der Waals surface area (Å²) in [5.41, 5.74) is 9.94. The molecule has 3 heterocycles. The van der Waals surface area contributed by atoms with Crippen molar-refractivity contribution in [3.63, 3.8) is 0 Å². The van der Waals surface area contributed by atoms with Gasteiger partial charge in [0.15, 0.2) is 0 Å². The van der Waals surface area contributed by atoms with E-state index in [0.717, 1.165) is 50.0 Å². The normalized spacial score (nSPS) is 11.9. The Morgan fingerprint density at radius 3 is 1.73 bits per heavy atom. The fraction of sp³-hybridized carbons (Fsp3) is 0. The van der Waals surface area contributed by atoms with Gasteiger partial charge in [0, 0.05) is 73.6 Å². The van der Waals surface area contributed by atoms with E-state index >= 15 is 0 Å². The van der Waals surface area contributed by atoms with Crippen LogP contribution in [0.2, 0.25) is 0 Å². The number of fused-ring (bicyclic) bond motifs is 11. The molecule has 0 aliphatic carbocycles. The van der Waals surface area contributed by atoms with Crippen molar-refractivity contribution in [2.75, 3.05) is 4.90 Å². The second kappa shape index (κ2) is 12.4. The summed E-state index contributed by atoms with van der Waals surface area (Å²) in [6, 6.07) is 68.5. The molecule has 262 valence electrons. The molecule has 0 aliphatic heterocycles. The average Bonchev–Trinajstić information content (AvgIpc) is 3.95. The molecule has 12 aromatic rings. The van der Waals surface area contributed by atoms with Gasteiger partial charge in [-0.05, 0) is 100 Å². The van der Waals surface area contributed by atoms with E-state index in [2.05, 4.69) is 193 Å². The van der Waals surface area contributed by atoms with E-state index in [1.54, 1.807) is 0 Å². The van der Waals surface area contributed by atoms with Gasteiger partial charge in [0.1, 0.15) is 11.2 Å². The molecule has 0 saturated carbocycles. The van der Waals surface area contributed by atoms with Crippen molar-refractivity contribution in [1.29, 1.82) is 0 Å². The van der Waals surface area contributed by atoms with Gasteiger partial charge < -0.3 is 9.32 Å². The molecule has 0 radical (unpaired) electrons. The van der Waals surface area contributed by atoms with Gasteiger partial charge in [-0.3, -0.25) is 0 Å². The lowest BCUT2D eigenvalue weighted by Gasteiger charge is -2.26. The summed E-state index contributed by atoms with van der Waals surface area (Å²) in [6.45, 7) is 0. The summed E-state index contributed by atoms with van der Waals surface area (Å²) >= 11 is 3.71. The van der Waals surface area contributed by atoms with E-state index in [1.165, 1.54) is 62.4 Å². The number of hydrogen-bond acceptors (Lipinski definition) is 4. The average molecular weight is 750 g/mol. The van der Waals surface area contributed by atoms with Crippen LogP contribution >= 0.6 is 22.7 Å². The summed E-state index contributed by atoms with van der Waals surface area (Å²) in [5.74, 6) is 0. The molecule has 3 aromatic heterocycles. The van der Waals surface area contributed by atoms with Gasteiger partial charge in [-0.15, -0.1) is 22.7 Å². The van der Waals surface area contributed by atoms with Gasteiger partial charge in [-0.25, -0.2) is 0 Å². The van der Waals surface area contributed by atoms with Crippen molar-refractivity contribution in [3.05, 3.63) is 188 Å². The van der Waals surface area contributed by atoms with Crippen molar-refractivity contribution in [2.24, 2.45) is 0 Å². The van der Waals surface area contributed by atoms with Crippen LogP contribution < -0.4 is 4.90 Å². The molecule has 0 saturated heterocycles. The largest absolute Gasteiger partial charge is 0.455 e. The van der Waals surface area contributed by atoms with E-state index in [1.807, 2.05) is 22.7 Å². The Hall–Kier alpha value is -6.72. The third-order valence-electron chi connectivity index (χ3n) is 11.3. The molecule has 9 aromatic carbocycles. The second-order valence-electron chi connectivity index (χ2n) is 14.5. The SMILES string of the molecule is c1ccc2c(c1)ccc1c2oc2cccc(-c3ccc(N(c4ccc(-c5ccc6sc7ccccc7c6c5)cc4)c4ccc5c(c4)sc4ccccc45)cc3)c21. The first-order chi connectivity index (χ1) is 27.7. The van der Waals surface area contributed by atoms with E-state index in [4.69, 9.17) is 4.42 Å². The van der Waals surface area contributed by atoms with Crippen molar-refractivity contribution in [3.8, 4) is 22.3 Å². The lowest BCUT2D eigenvalue weighted by Crippen LogP contribution is -2.09. The number of hydrogen-bond donors (Lipinski definition) is 0. The molecule has 12 rings (SSSR count). The Labute approximate surface area is 330 Å². The zero-order valence-corrected chi connectivity index (χ0v) is 31.7. The number of benzene rings is 9. The topological polar surface area (TPSA) is 16.4 Å². The Kier molecular flexibility index (Phi) is 7.00. The van der Waals surface area contributed by atoms with Crippen LogP contribution in [-0.4, -0.2) is 0 Å². The summed E-state index contributed by atoms with van der Waals surface area (Å²) in [6.07, 6.45) is 0. The smallest absolute Gasteiger partial charge is 0.143 e. The molecule has 0 aliphatic rings. The molecular formula is C52H31NOS2. The summed E-state index contributed by atoms with van der Waals surface area (Å²) in [4.78, 5) is 2.38. The monoisotopic (exact) mass is 749 g/mol. The zero-order chi connectivity index (χ0) is 36.7. The van der Waals surface area contributed by atoms with E-state index in [0.29, 0.717) is 0 Å². The maximum atomic E-state index is 6.53. The van der Waals surface area contributed by atoms with Gasteiger partial charge in [0.25, 0.3) is 0 Å². The van der Waals surface area contributed by atoms with Crippen LogP contribution in [0.15, 0.2) is 192 Å². The molecular weight excluding hydrogens is 719 g/mol. The Morgan fingerprint density at radius 1 is 0.357 bits per heavy atom. The van der Waals surface area contributed by atoms with Crippen LogP contribution in [0.3, 0.4) is 0 Å².